The Morgan fingerprint density at radius 2 is 1.21 bits per heavy atom. The minimum Gasteiger partial charge on any atom is -0.144 e. The molecule has 1 heterocycles. The van der Waals surface area contributed by atoms with Crippen molar-refractivity contribution in [3.05, 3.63) is 115 Å². The fraction of sp³-hybridized carbons (Fsp3) is 0.222. The van der Waals surface area contributed by atoms with Gasteiger partial charge in [-0.2, -0.15) is 0 Å². The molecule has 7 heteroatoms. The molecule has 4 aromatic carbocycles. The molecular weight excluding hydrogens is 652 g/mol. The Bertz CT molecular complexity index is 1590. The highest BCUT2D eigenvalue weighted by molar-refractivity contribution is 8.21. The minimum atomic E-state index is -1.32. The van der Waals surface area contributed by atoms with Crippen LogP contribution in [0.15, 0.2) is 129 Å². The van der Waals surface area contributed by atoms with Crippen LogP contribution >= 0.6 is 56.5 Å². The molecule has 0 atom stereocenters. The summed E-state index contributed by atoms with van der Waals surface area (Å²) in [6.07, 6.45) is 2.09. The molecule has 5 rings (SSSR count). The maximum Gasteiger partial charge on any atom is 0.129 e. The Hall–Kier alpha value is -1.83. The van der Waals surface area contributed by atoms with Crippen molar-refractivity contribution >= 4 is 87.3 Å². The van der Waals surface area contributed by atoms with E-state index in [9.17, 15) is 0 Å². The molecule has 0 bridgehead atoms. The number of halogens is 1. The van der Waals surface area contributed by atoms with Crippen LogP contribution in [0, 0.1) is 11.5 Å². The first-order valence-electron chi connectivity index (χ1n) is 13.8. The van der Waals surface area contributed by atoms with Crippen molar-refractivity contribution in [2.45, 2.75) is 66.3 Å². The lowest BCUT2D eigenvalue weighted by atomic mass is 10.2. The van der Waals surface area contributed by atoms with E-state index >= 15 is 0 Å². The number of hydrogen-bond donors (Lipinski definition) is 0. The van der Waals surface area contributed by atoms with Gasteiger partial charge >= 0.3 is 0 Å². The van der Waals surface area contributed by atoms with Crippen LogP contribution in [-0.4, -0.2) is 22.4 Å². The summed E-state index contributed by atoms with van der Waals surface area (Å²) in [7, 11) is 4.12. The Balaban J connectivity index is 0.000000245. The normalized spacial score (nSPS) is 10.7. The number of hydrogen-bond acceptors (Lipinski definition) is 4. The Labute approximate surface area is 284 Å². The lowest BCUT2D eigenvalue weighted by Gasteiger charge is -2.16. The standard InChI is InChI=1S/C17H18S2Si.C12H16SSi.C6H5ClS.CH4/c1-20(2,3)17-16(18-13-9-5-4-6-10-13)14-11-7-8-12-15(14)19-17;1-13-12-8-6-5-7-11(12)9-10-14(2,3)4;7-8-6-4-2-1-3-5-6;/h4-12H,1-3H3;5-8H,1-4H3;1-5H;1H4. The quantitative estimate of drug-likeness (QED) is 0.102. The van der Waals surface area contributed by atoms with Gasteiger partial charge in [-0.05, 0) is 70.4 Å². The summed E-state index contributed by atoms with van der Waals surface area (Å²) in [5, 5.41) is 1.42. The summed E-state index contributed by atoms with van der Waals surface area (Å²) < 4.78 is 3.04. The van der Waals surface area contributed by atoms with Crippen molar-refractivity contribution in [2.75, 3.05) is 6.26 Å². The highest BCUT2D eigenvalue weighted by atomic mass is 35.7. The highest BCUT2D eigenvalue weighted by Crippen LogP contribution is 2.37. The number of thiophene rings is 1. The zero-order valence-corrected chi connectivity index (χ0v) is 31.4. The van der Waals surface area contributed by atoms with E-state index in [4.69, 9.17) is 10.7 Å². The maximum absolute atomic E-state index is 5.44. The third-order valence-corrected chi connectivity index (χ3v) is 14.5. The Morgan fingerprint density at radius 1 is 0.674 bits per heavy atom. The van der Waals surface area contributed by atoms with E-state index in [0.717, 1.165) is 4.90 Å². The first kappa shape index (κ1) is 37.4. The fourth-order valence-electron chi connectivity index (χ4n) is 3.70. The monoisotopic (exact) mass is 694 g/mol. The predicted octanol–water partition coefficient (Wildman–Crippen LogP) is 12.8. The summed E-state index contributed by atoms with van der Waals surface area (Å²) in [4.78, 5) is 5.18. The predicted molar refractivity (Wildman–Crippen MR) is 209 cm³/mol. The molecule has 0 N–H and O–H groups in total. The second-order valence-corrected chi connectivity index (χ2v) is 25.7. The van der Waals surface area contributed by atoms with Gasteiger partial charge in [-0.1, -0.05) is 131 Å². The van der Waals surface area contributed by atoms with E-state index in [1.54, 1.807) is 16.3 Å². The lowest BCUT2D eigenvalue weighted by molar-refractivity contribution is 1.42. The van der Waals surface area contributed by atoms with Crippen LogP contribution in [0.25, 0.3) is 10.1 Å². The van der Waals surface area contributed by atoms with Gasteiger partial charge in [0.1, 0.15) is 8.07 Å². The number of benzene rings is 4. The van der Waals surface area contributed by atoms with Crippen molar-refractivity contribution < 1.29 is 0 Å². The van der Waals surface area contributed by atoms with Crippen LogP contribution in [0.4, 0.5) is 0 Å². The van der Waals surface area contributed by atoms with Crippen molar-refractivity contribution in [3.8, 4) is 11.5 Å². The molecule has 0 unspecified atom stereocenters. The van der Waals surface area contributed by atoms with Gasteiger partial charge in [0.25, 0.3) is 0 Å². The molecule has 0 radical (unpaired) electrons. The molecule has 0 saturated heterocycles. The molecule has 0 aliphatic carbocycles. The number of fused-ring (bicyclic) bond motifs is 1. The first-order chi connectivity index (χ1) is 20.0. The van der Waals surface area contributed by atoms with Gasteiger partial charge in [-0.25, -0.2) is 0 Å². The summed E-state index contributed by atoms with van der Waals surface area (Å²) >= 11 is 5.67. The van der Waals surface area contributed by atoms with Gasteiger partial charge in [0.15, 0.2) is 0 Å². The van der Waals surface area contributed by atoms with Crippen LogP contribution in [0.3, 0.4) is 0 Å². The summed E-state index contributed by atoms with van der Waals surface area (Å²) in [6.45, 7) is 14.1. The molecule has 0 fully saturated rings. The molecule has 0 saturated carbocycles. The van der Waals surface area contributed by atoms with Crippen molar-refractivity contribution in [3.63, 3.8) is 0 Å². The second-order valence-electron chi connectivity index (χ2n) is 11.5. The zero-order chi connectivity index (χ0) is 30.6. The van der Waals surface area contributed by atoms with Gasteiger partial charge in [0, 0.05) is 39.7 Å². The van der Waals surface area contributed by atoms with Crippen LogP contribution in [-0.2, 0) is 0 Å². The van der Waals surface area contributed by atoms with Gasteiger partial charge < -0.3 is 0 Å². The highest BCUT2D eigenvalue weighted by Gasteiger charge is 2.25. The largest absolute Gasteiger partial charge is 0.144 e. The Kier molecular flexibility index (Phi) is 15.8. The van der Waals surface area contributed by atoms with Crippen LogP contribution < -0.4 is 4.50 Å². The molecule has 0 spiro atoms. The van der Waals surface area contributed by atoms with E-state index < -0.39 is 16.1 Å². The van der Waals surface area contributed by atoms with Crippen LogP contribution in [0.1, 0.15) is 13.0 Å². The summed E-state index contributed by atoms with van der Waals surface area (Å²) in [6, 6.07) is 37.7. The molecule has 0 aliphatic rings. The fourth-order valence-corrected chi connectivity index (χ4v) is 10.8. The van der Waals surface area contributed by atoms with E-state index in [2.05, 4.69) is 130 Å². The Morgan fingerprint density at radius 3 is 1.74 bits per heavy atom. The van der Waals surface area contributed by atoms with Crippen LogP contribution in [0.2, 0.25) is 39.3 Å². The maximum atomic E-state index is 5.44. The van der Waals surface area contributed by atoms with E-state index in [0.29, 0.717) is 0 Å². The van der Waals surface area contributed by atoms with Crippen molar-refractivity contribution in [2.24, 2.45) is 0 Å². The number of rotatable bonds is 5. The lowest BCUT2D eigenvalue weighted by Crippen LogP contribution is -2.36. The second kappa shape index (κ2) is 18.2. The zero-order valence-electron chi connectivity index (χ0n) is 25.4. The SMILES string of the molecule is C.CSc1ccccc1C#C[Si](C)(C)C.C[Si](C)(C)c1sc2ccccc2c1Sc1ccccc1.ClSc1ccccc1. The van der Waals surface area contributed by atoms with Gasteiger partial charge in [0.05, 0.1) is 8.07 Å². The third kappa shape index (κ3) is 12.6. The van der Waals surface area contributed by atoms with E-state index in [1.165, 1.54) is 41.3 Å². The molecule has 5 aromatic rings. The molecular formula is C36H43ClS4Si2. The summed E-state index contributed by atoms with van der Waals surface area (Å²) in [5.41, 5.74) is 4.56. The van der Waals surface area contributed by atoms with E-state index in [1.807, 2.05) is 59.5 Å². The van der Waals surface area contributed by atoms with Crippen LogP contribution in [0.5, 0.6) is 0 Å². The average Bonchev–Trinajstić information content (AvgIpc) is 3.36. The molecule has 0 nitrogen and oxygen atoms in total. The molecule has 43 heavy (non-hydrogen) atoms. The van der Waals surface area contributed by atoms with Crippen molar-refractivity contribution in [1.29, 1.82) is 0 Å². The minimum absolute atomic E-state index is 0. The van der Waals surface area contributed by atoms with E-state index in [-0.39, 0.29) is 7.43 Å². The smallest absolute Gasteiger partial charge is 0.129 e. The van der Waals surface area contributed by atoms with Gasteiger partial charge in [-0.3, -0.25) is 0 Å². The molecule has 226 valence electrons. The molecule has 1 aromatic heterocycles. The molecule has 0 amide bonds. The van der Waals surface area contributed by atoms with Gasteiger partial charge in [0.2, 0.25) is 0 Å². The van der Waals surface area contributed by atoms with Crippen molar-refractivity contribution in [1.82, 2.24) is 0 Å². The van der Waals surface area contributed by atoms with Gasteiger partial charge in [-0.15, -0.1) is 28.6 Å². The average molecular weight is 696 g/mol. The first-order valence-corrected chi connectivity index (χ1v) is 25.3. The molecule has 0 aliphatic heterocycles. The summed E-state index contributed by atoms with van der Waals surface area (Å²) in [5.74, 6) is 3.30. The third-order valence-electron chi connectivity index (χ3n) is 5.71. The number of thioether (sulfide) groups is 1. The topological polar surface area (TPSA) is 0 Å².